The number of H-pyrrole nitrogens is 2. The third kappa shape index (κ3) is 2.00. The van der Waals surface area contributed by atoms with Gasteiger partial charge in [0.2, 0.25) is 0 Å². The van der Waals surface area contributed by atoms with Crippen LogP contribution in [0.2, 0.25) is 0 Å². The first-order valence-corrected chi connectivity index (χ1v) is 5.28. The molecule has 1 aromatic heterocycles. The van der Waals surface area contributed by atoms with Crippen LogP contribution in [0.4, 0.5) is 0 Å². The van der Waals surface area contributed by atoms with E-state index in [9.17, 15) is 4.79 Å². The normalized spacial score (nSPS) is 13.1. The van der Waals surface area contributed by atoms with E-state index in [-0.39, 0.29) is 11.7 Å². The van der Waals surface area contributed by atoms with Gasteiger partial charge in [0.15, 0.2) is 0 Å². The zero-order chi connectivity index (χ0) is 11.5. The third-order valence-corrected chi connectivity index (χ3v) is 2.70. The van der Waals surface area contributed by atoms with E-state index in [1.54, 1.807) is 0 Å². The van der Waals surface area contributed by atoms with Crippen LogP contribution in [0.15, 0.2) is 23.0 Å². The fourth-order valence-corrected chi connectivity index (χ4v) is 1.86. The van der Waals surface area contributed by atoms with Crippen LogP contribution in [0.3, 0.4) is 0 Å². The molecule has 0 bridgehead atoms. The molecule has 0 aliphatic carbocycles. The van der Waals surface area contributed by atoms with Gasteiger partial charge in [-0.1, -0.05) is 6.07 Å². The molecule has 2 rings (SSSR count). The number of aromatic nitrogens is 2. The number of rotatable bonds is 4. The molecule has 5 heteroatoms. The molecule has 1 unspecified atom stereocenters. The van der Waals surface area contributed by atoms with E-state index in [1.807, 2.05) is 32.3 Å². The number of benzene rings is 1. The van der Waals surface area contributed by atoms with E-state index in [0.29, 0.717) is 0 Å². The van der Waals surface area contributed by atoms with E-state index in [2.05, 4.69) is 20.6 Å². The van der Waals surface area contributed by atoms with Gasteiger partial charge in [-0.05, 0) is 31.8 Å². The molecule has 2 aromatic rings. The van der Waals surface area contributed by atoms with E-state index >= 15 is 0 Å². The van der Waals surface area contributed by atoms with Crippen molar-refractivity contribution in [2.24, 2.45) is 0 Å². The first-order chi connectivity index (χ1) is 7.74. The lowest BCUT2D eigenvalue weighted by atomic mass is 10.1. The molecule has 5 nitrogen and oxygen atoms in total. The summed E-state index contributed by atoms with van der Waals surface area (Å²) < 4.78 is 0. The van der Waals surface area contributed by atoms with E-state index in [4.69, 9.17) is 0 Å². The second-order valence-electron chi connectivity index (χ2n) is 3.78. The maximum atomic E-state index is 11.1. The van der Waals surface area contributed by atoms with E-state index < -0.39 is 0 Å². The zero-order valence-corrected chi connectivity index (χ0v) is 9.42. The molecule has 1 heterocycles. The van der Waals surface area contributed by atoms with Gasteiger partial charge in [0.25, 0.3) is 0 Å². The van der Waals surface area contributed by atoms with E-state index in [0.717, 1.165) is 23.1 Å². The summed E-state index contributed by atoms with van der Waals surface area (Å²) in [5.41, 5.74) is 2.67. The Bertz CT molecular complexity index is 528. The summed E-state index contributed by atoms with van der Waals surface area (Å²) in [7, 11) is 3.84. The van der Waals surface area contributed by atoms with Gasteiger partial charge in [-0.15, -0.1) is 0 Å². The molecule has 86 valence electrons. The van der Waals surface area contributed by atoms with Crippen molar-refractivity contribution in [3.8, 4) is 0 Å². The van der Waals surface area contributed by atoms with Crippen molar-refractivity contribution in [1.82, 2.24) is 20.6 Å². The molecular formula is C11H16N4O. The highest BCUT2D eigenvalue weighted by Gasteiger charge is 2.09. The topological polar surface area (TPSA) is 72.7 Å². The Hall–Kier alpha value is -1.59. The summed E-state index contributed by atoms with van der Waals surface area (Å²) in [5.74, 6) is 0. The van der Waals surface area contributed by atoms with Crippen molar-refractivity contribution >= 4 is 11.0 Å². The van der Waals surface area contributed by atoms with Crippen LogP contribution >= 0.6 is 0 Å². The molecule has 0 radical (unpaired) electrons. The molecule has 0 spiro atoms. The van der Waals surface area contributed by atoms with Crippen LogP contribution in [-0.4, -0.2) is 30.6 Å². The van der Waals surface area contributed by atoms with Gasteiger partial charge >= 0.3 is 5.69 Å². The number of nitrogens with one attached hydrogen (secondary N) is 4. The van der Waals surface area contributed by atoms with Crippen LogP contribution in [-0.2, 0) is 0 Å². The molecule has 16 heavy (non-hydrogen) atoms. The molecule has 0 aliphatic heterocycles. The highest BCUT2D eigenvalue weighted by molar-refractivity contribution is 5.75. The molecular weight excluding hydrogens is 204 g/mol. The average molecular weight is 220 g/mol. The number of aromatic amines is 2. The smallest absolute Gasteiger partial charge is 0.318 e. The Morgan fingerprint density at radius 1 is 1.25 bits per heavy atom. The minimum Gasteiger partial charge on any atom is -0.318 e. The monoisotopic (exact) mass is 220 g/mol. The van der Waals surface area contributed by atoms with Gasteiger partial charge in [0, 0.05) is 12.6 Å². The Kier molecular flexibility index (Phi) is 3.07. The summed E-state index contributed by atoms with van der Waals surface area (Å²) in [4.78, 5) is 16.6. The maximum absolute atomic E-state index is 11.1. The number of likely N-dealkylation sites (N-methyl/N-ethyl adjacent to an activating group) is 2. The number of fused-ring (bicyclic) bond motifs is 1. The van der Waals surface area contributed by atoms with Crippen molar-refractivity contribution in [3.05, 3.63) is 34.2 Å². The van der Waals surface area contributed by atoms with Gasteiger partial charge in [-0.3, -0.25) is 0 Å². The Balaban J connectivity index is 2.40. The quantitative estimate of drug-likeness (QED) is 0.600. The summed E-state index contributed by atoms with van der Waals surface area (Å²) in [6.07, 6.45) is 0. The SMILES string of the molecule is CNCC(NC)c1ccc2[nH]c(=O)[nH]c2c1. The highest BCUT2D eigenvalue weighted by atomic mass is 16.1. The summed E-state index contributed by atoms with van der Waals surface area (Å²) >= 11 is 0. The summed E-state index contributed by atoms with van der Waals surface area (Å²) in [6.45, 7) is 0.844. The van der Waals surface area contributed by atoms with Crippen molar-refractivity contribution in [3.63, 3.8) is 0 Å². The van der Waals surface area contributed by atoms with Crippen LogP contribution in [0.1, 0.15) is 11.6 Å². The minimum atomic E-state index is -0.165. The molecule has 1 atom stereocenters. The lowest BCUT2D eigenvalue weighted by molar-refractivity contribution is 0.559. The summed E-state index contributed by atoms with van der Waals surface area (Å²) in [6, 6.07) is 6.17. The van der Waals surface area contributed by atoms with Crippen molar-refractivity contribution < 1.29 is 0 Å². The Morgan fingerprint density at radius 2 is 2.00 bits per heavy atom. The summed E-state index contributed by atoms with van der Waals surface area (Å²) in [5, 5.41) is 6.35. The highest BCUT2D eigenvalue weighted by Crippen LogP contribution is 2.16. The molecule has 4 N–H and O–H groups in total. The van der Waals surface area contributed by atoms with Crippen molar-refractivity contribution in [1.29, 1.82) is 0 Å². The van der Waals surface area contributed by atoms with Gasteiger partial charge in [-0.25, -0.2) is 4.79 Å². The molecule has 0 saturated heterocycles. The van der Waals surface area contributed by atoms with Gasteiger partial charge in [0.1, 0.15) is 0 Å². The van der Waals surface area contributed by atoms with Gasteiger partial charge in [-0.2, -0.15) is 0 Å². The first-order valence-electron chi connectivity index (χ1n) is 5.28. The maximum Gasteiger partial charge on any atom is 0.323 e. The standard InChI is InChI=1S/C11H16N4O/c1-12-6-10(13-2)7-3-4-8-9(5-7)15-11(16)14-8/h3-5,10,12-13H,6H2,1-2H3,(H2,14,15,16). The Morgan fingerprint density at radius 3 is 2.69 bits per heavy atom. The predicted molar refractivity (Wildman–Crippen MR) is 64.6 cm³/mol. The van der Waals surface area contributed by atoms with Gasteiger partial charge < -0.3 is 20.6 Å². The fraction of sp³-hybridized carbons (Fsp3) is 0.364. The molecule has 1 aromatic carbocycles. The number of hydrogen-bond acceptors (Lipinski definition) is 3. The second-order valence-corrected chi connectivity index (χ2v) is 3.78. The van der Waals surface area contributed by atoms with Crippen molar-refractivity contribution in [2.75, 3.05) is 20.6 Å². The van der Waals surface area contributed by atoms with Crippen molar-refractivity contribution in [2.45, 2.75) is 6.04 Å². The van der Waals surface area contributed by atoms with Crippen LogP contribution in [0, 0.1) is 0 Å². The Labute approximate surface area is 93.3 Å². The molecule has 0 aliphatic rings. The van der Waals surface area contributed by atoms with E-state index in [1.165, 1.54) is 0 Å². The fourth-order valence-electron chi connectivity index (χ4n) is 1.86. The van der Waals surface area contributed by atoms with Gasteiger partial charge in [0.05, 0.1) is 11.0 Å². The van der Waals surface area contributed by atoms with Crippen LogP contribution in [0.5, 0.6) is 0 Å². The average Bonchev–Trinajstić information content (AvgIpc) is 2.64. The lowest BCUT2D eigenvalue weighted by Crippen LogP contribution is -2.27. The second kappa shape index (κ2) is 4.51. The van der Waals surface area contributed by atoms with Crippen LogP contribution in [0.25, 0.3) is 11.0 Å². The first kappa shape index (κ1) is 10.9. The third-order valence-electron chi connectivity index (χ3n) is 2.70. The van der Waals surface area contributed by atoms with Crippen LogP contribution < -0.4 is 16.3 Å². The zero-order valence-electron chi connectivity index (χ0n) is 9.42. The molecule has 0 fully saturated rings. The largest absolute Gasteiger partial charge is 0.323 e. The molecule has 0 saturated carbocycles. The number of hydrogen-bond donors (Lipinski definition) is 4. The lowest BCUT2D eigenvalue weighted by Gasteiger charge is -2.15. The minimum absolute atomic E-state index is 0.165. The molecule has 0 amide bonds. The number of imidazole rings is 1. The predicted octanol–water partition coefficient (Wildman–Crippen LogP) is 0.336.